The summed E-state index contributed by atoms with van der Waals surface area (Å²) in [6.45, 7) is 18.0. The number of anilines is 3. The van der Waals surface area contributed by atoms with Crippen LogP contribution in [0.1, 0.15) is 30.7 Å². The van der Waals surface area contributed by atoms with E-state index < -0.39 is 0 Å². The van der Waals surface area contributed by atoms with Crippen LogP contribution in [0, 0.1) is 0 Å². The quantitative estimate of drug-likeness (QED) is 0.180. The Bertz CT molecular complexity index is 1720. The Kier molecular flexibility index (Phi) is 9.27. The number of rotatable bonds is 8. The van der Waals surface area contributed by atoms with Gasteiger partial charge < -0.3 is 25.5 Å². The molecule has 0 atom stereocenters. The molecular weight excluding hydrogens is 516 g/mol. The standard InChI is InChI=1S/C34H36N6.C2H6/c1-24(27-11-9-26(10-12-27)23-40-18-16-39(3)17-19-40)36-29-6-4-7-30(20-29)38-31-13-14-34-33(22-31)32(25(2)37-34)21-28-8-5-15-35-28;1-2/h4-15,20-22,35-38H,1-2,16-19,23H2,3H3;1-2H3/b32-21+;. The van der Waals surface area contributed by atoms with E-state index in [-0.39, 0.29) is 0 Å². The zero-order valence-electron chi connectivity index (χ0n) is 25.0. The van der Waals surface area contributed by atoms with Gasteiger partial charge in [0.05, 0.1) is 0 Å². The van der Waals surface area contributed by atoms with Crippen molar-refractivity contribution in [1.82, 2.24) is 19.8 Å². The minimum Gasteiger partial charge on any atom is -0.362 e. The molecule has 42 heavy (non-hydrogen) atoms. The summed E-state index contributed by atoms with van der Waals surface area (Å²) in [4.78, 5) is 11.5. The lowest BCUT2D eigenvalue weighted by Crippen LogP contribution is -2.43. The highest BCUT2D eigenvalue weighted by Gasteiger charge is 2.14. The fourth-order valence-electron chi connectivity index (χ4n) is 5.26. The van der Waals surface area contributed by atoms with Gasteiger partial charge in [0.15, 0.2) is 0 Å². The van der Waals surface area contributed by atoms with Gasteiger partial charge in [0, 0.05) is 88.8 Å². The lowest BCUT2D eigenvalue weighted by molar-refractivity contribution is 0.148. The molecule has 0 aliphatic carbocycles. The van der Waals surface area contributed by atoms with E-state index in [1.54, 1.807) is 0 Å². The third kappa shape index (κ3) is 7.03. The minimum atomic E-state index is 0.879. The van der Waals surface area contributed by atoms with Gasteiger partial charge in [0.2, 0.25) is 0 Å². The Balaban J connectivity index is 0.00000173. The number of H-pyrrole nitrogens is 2. The van der Waals surface area contributed by atoms with Crippen molar-refractivity contribution in [2.75, 3.05) is 43.9 Å². The van der Waals surface area contributed by atoms with E-state index in [1.807, 2.05) is 32.2 Å². The van der Waals surface area contributed by atoms with Gasteiger partial charge in [-0.3, -0.25) is 4.90 Å². The maximum atomic E-state index is 4.30. The molecule has 6 rings (SSSR count). The molecule has 0 spiro atoms. The zero-order chi connectivity index (χ0) is 29.5. The average Bonchev–Trinajstić information content (AvgIpc) is 3.63. The van der Waals surface area contributed by atoms with Gasteiger partial charge in [-0.25, -0.2) is 0 Å². The molecule has 1 saturated heterocycles. The lowest BCUT2D eigenvalue weighted by Gasteiger charge is -2.32. The normalized spacial score (nSPS) is 14.4. The van der Waals surface area contributed by atoms with Crippen molar-refractivity contribution >= 4 is 46.3 Å². The Labute approximate surface area is 249 Å². The van der Waals surface area contributed by atoms with E-state index in [9.17, 15) is 0 Å². The maximum absolute atomic E-state index is 4.30. The van der Waals surface area contributed by atoms with Crippen molar-refractivity contribution in [1.29, 1.82) is 0 Å². The van der Waals surface area contributed by atoms with Crippen molar-refractivity contribution in [3.63, 3.8) is 0 Å². The number of nitrogens with zero attached hydrogens (tertiary/aromatic N) is 2. The maximum Gasteiger partial charge on any atom is 0.0466 e. The smallest absolute Gasteiger partial charge is 0.0466 e. The van der Waals surface area contributed by atoms with Crippen LogP contribution >= 0.6 is 0 Å². The first-order valence-corrected chi connectivity index (χ1v) is 14.8. The van der Waals surface area contributed by atoms with Gasteiger partial charge in [-0.05, 0) is 72.8 Å². The number of likely N-dealkylation sites (N-methyl/N-ethyl adjacent to an activating group) is 1. The summed E-state index contributed by atoms with van der Waals surface area (Å²) < 4.78 is 0. The molecule has 4 N–H and O–H groups in total. The largest absolute Gasteiger partial charge is 0.362 e. The summed E-state index contributed by atoms with van der Waals surface area (Å²) in [5.41, 5.74) is 8.42. The van der Waals surface area contributed by atoms with E-state index in [0.717, 1.165) is 88.2 Å². The second-order valence-electron chi connectivity index (χ2n) is 10.6. The number of aromatic amines is 2. The van der Waals surface area contributed by atoms with Crippen molar-refractivity contribution < 1.29 is 0 Å². The van der Waals surface area contributed by atoms with Crippen LogP contribution in [0.3, 0.4) is 0 Å². The number of piperazine rings is 1. The first-order chi connectivity index (χ1) is 20.5. The first-order valence-electron chi connectivity index (χ1n) is 14.8. The van der Waals surface area contributed by atoms with E-state index in [1.165, 1.54) is 5.56 Å². The number of nitrogens with one attached hydrogen (secondary N) is 4. The summed E-state index contributed by atoms with van der Waals surface area (Å²) in [5, 5.41) is 10.2. The van der Waals surface area contributed by atoms with Crippen molar-refractivity contribution in [2.24, 2.45) is 0 Å². The monoisotopic (exact) mass is 558 g/mol. The molecule has 2 aromatic heterocycles. The van der Waals surface area contributed by atoms with Crippen molar-refractivity contribution in [3.05, 3.63) is 119 Å². The molecule has 3 heterocycles. The summed E-state index contributed by atoms with van der Waals surface area (Å²) in [6, 6.07) is 27.4. The fraction of sp³-hybridized carbons (Fsp3) is 0.222. The number of benzene rings is 3. The fourth-order valence-corrected chi connectivity index (χ4v) is 5.26. The van der Waals surface area contributed by atoms with E-state index in [0.29, 0.717) is 0 Å². The highest BCUT2D eigenvalue weighted by Crippen LogP contribution is 2.24. The number of aromatic nitrogens is 2. The van der Waals surface area contributed by atoms with Crippen LogP contribution < -0.4 is 21.2 Å². The molecule has 0 bridgehead atoms. The Morgan fingerprint density at radius 1 is 0.881 bits per heavy atom. The third-order valence-electron chi connectivity index (χ3n) is 7.59. The average molecular weight is 559 g/mol. The van der Waals surface area contributed by atoms with E-state index >= 15 is 0 Å². The molecule has 1 fully saturated rings. The summed E-state index contributed by atoms with van der Waals surface area (Å²) in [6.07, 6.45) is 4.05. The summed E-state index contributed by atoms with van der Waals surface area (Å²) in [7, 11) is 2.19. The third-order valence-corrected chi connectivity index (χ3v) is 7.59. The van der Waals surface area contributed by atoms with Crippen LogP contribution in [0.25, 0.3) is 29.3 Å². The van der Waals surface area contributed by atoms with Crippen molar-refractivity contribution in [3.8, 4) is 0 Å². The van der Waals surface area contributed by atoms with Crippen LogP contribution in [-0.4, -0.2) is 53.0 Å². The molecule has 6 nitrogen and oxygen atoms in total. The molecule has 3 aromatic carbocycles. The van der Waals surface area contributed by atoms with Crippen LogP contribution in [0.5, 0.6) is 0 Å². The molecule has 0 unspecified atom stereocenters. The molecule has 6 heteroatoms. The molecule has 1 aliphatic heterocycles. The van der Waals surface area contributed by atoms with Gasteiger partial charge in [-0.1, -0.05) is 57.3 Å². The number of hydrogen-bond acceptors (Lipinski definition) is 4. The molecule has 216 valence electrons. The molecule has 0 amide bonds. The summed E-state index contributed by atoms with van der Waals surface area (Å²) in [5.74, 6) is 0. The van der Waals surface area contributed by atoms with Crippen LogP contribution in [0.4, 0.5) is 17.1 Å². The van der Waals surface area contributed by atoms with E-state index in [4.69, 9.17) is 0 Å². The van der Waals surface area contributed by atoms with E-state index in [2.05, 4.69) is 123 Å². The zero-order valence-corrected chi connectivity index (χ0v) is 25.0. The second-order valence-corrected chi connectivity index (χ2v) is 10.6. The molecule has 5 aromatic rings. The topological polar surface area (TPSA) is 62.1 Å². The van der Waals surface area contributed by atoms with Crippen LogP contribution in [0.2, 0.25) is 0 Å². The highest BCUT2D eigenvalue weighted by molar-refractivity contribution is 5.86. The Morgan fingerprint density at radius 3 is 2.36 bits per heavy atom. The SMILES string of the molecule is C=C(Nc1cccc(Nc2ccc3[nH]c(=C)/c(=C\c4ccc[nH]4)c3c2)c1)c1ccc(CN2CCN(C)CC2)cc1.CC. The summed E-state index contributed by atoms with van der Waals surface area (Å²) >= 11 is 0. The molecule has 0 saturated carbocycles. The lowest BCUT2D eigenvalue weighted by atomic mass is 10.1. The second kappa shape index (κ2) is 13.4. The van der Waals surface area contributed by atoms with Gasteiger partial charge >= 0.3 is 0 Å². The first kappa shape index (κ1) is 29.0. The van der Waals surface area contributed by atoms with Crippen molar-refractivity contribution in [2.45, 2.75) is 20.4 Å². The Morgan fingerprint density at radius 2 is 1.62 bits per heavy atom. The van der Waals surface area contributed by atoms with Crippen LogP contribution in [-0.2, 0) is 6.54 Å². The van der Waals surface area contributed by atoms with Gasteiger partial charge in [0.25, 0.3) is 0 Å². The van der Waals surface area contributed by atoms with Gasteiger partial charge in [-0.2, -0.15) is 0 Å². The minimum absolute atomic E-state index is 0.879. The molecular formula is C36H42N6. The highest BCUT2D eigenvalue weighted by atomic mass is 15.2. The number of fused-ring (bicyclic) bond motifs is 1. The van der Waals surface area contributed by atoms with Crippen LogP contribution in [0.15, 0.2) is 91.6 Å². The molecule has 1 aliphatic rings. The predicted octanol–water partition coefficient (Wildman–Crippen LogP) is 6.34. The number of hydrogen-bond donors (Lipinski definition) is 4. The van der Waals surface area contributed by atoms with Gasteiger partial charge in [-0.15, -0.1) is 0 Å². The Hall–Kier alpha value is -4.52. The molecule has 0 radical (unpaired) electrons. The predicted molar refractivity (Wildman–Crippen MR) is 180 cm³/mol. The van der Waals surface area contributed by atoms with Gasteiger partial charge in [0.1, 0.15) is 0 Å².